The fourth-order valence-corrected chi connectivity index (χ4v) is 3.98. The number of rotatable bonds is 4. The van der Waals surface area contributed by atoms with Gasteiger partial charge in [-0.15, -0.1) is 11.3 Å². The number of thiophene rings is 1. The van der Waals surface area contributed by atoms with E-state index in [1.165, 1.54) is 6.07 Å². The maximum absolute atomic E-state index is 12.0. The van der Waals surface area contributed by atoms with E-state index in [1.807, 2.05) is 6.07 Å². The Hall–Kier alpha value is -0.890. The molecule has 0 saturated carbocycles. The van der Waals surface area contributed by atoms with Gasteiger partial charge in [0.1, 0.15) is 4.21 Å². The van der Waals surface area contributed by atoms with E-state index in [1.54, 1.807) is 23.6 Å². The highest BCUT2D eigenvalue weighted by molar-refractivity contribution is 9.10. The number of aliphatic hydroxyl groups is 1. The van der Waals surface area contributed by atoms with Gasteiger partial charge in [0, 0.05) is 10.2 Å². The fourth-order valence-electron chi connectivity index (χ4n) is 1.33. The van der Waals surface area contributed by atoms with E-state index >= 15 is 0 Å². The molecule has 96 valence electrons. The zero-order chi connectivity index (χ0) is 13.2. The number of nitrogens with one attached hydrogen (secondary N) is 1. The topological polar surface area (TPSA) is 66.4 Å². The van der Waals surface area contributed by atoms with Crippen molar-refractivity contribution in [3.8, 4) is 0 Å². The third-order valence-electron chi connectivity index (χ3n) is 2.15. The normalized spacial score (nSPS) is 11.4. The Morgan fingerprint density at radius 1 is 1.33 bits per heavy atom. The molecule has 0 amide bonds. The van der Waals surface area contributed by atoms with Gasteiger partial charge in [-0.25, -0.2) is 8.42 Å². The molecule has 0 saturated heterocycles. The van der Waals surface area contributed by atoms with Crippen molar-refractivity contribution in [1.82, 2.24) is 0 Å². The molecule has 0 aliphatic carbocycles. The average molecular weight is 348 g/mol. The molecule has 1 heterocycles. The van der Waals surface area contributed by atoms with Crippen molar-refractivity contribution < 1.29 is 13.5 Å². The molecule has 0 aliphatic heterocycles. The predicted molar refractivity (Wildman–Crippen MR) is 75.2 cm³/mol. The highest BCUT2D eigenvalue weighted by atomic mass is 79.9. The highest BCUT2D eigenvalue weighted by Gasteiger charge is 2.16. The van der Waals surface area contributed by atoms with Gasteiger partial charge < -0.3 is 5.11 Å². The second-order valence-electron chi connectivity index (χ2n) is 3.55. The monoisotopic (exact) mass is 347 g/mol. The Morgan fingerprint density at radius 2 is 2.11 bits per heavy atom. The molecule has 0 unspecified atom stereocenters. The Labute approximate surface area is 117 Å². The molecule has 4 nitrogen and oxygen atoms in total. The van der Waals surface area contributed by atoms with Crippen molar-refractivity contribution in [3.63, 3.8) is 0 Å². The van der Waals surface area contributed by atoms with Gasteiger partial charge in [0.15, 0.2) is 0 Å². The van der Waals surface area contributed by atoms with Gasteiger partial charge in [-0.2, -0.15) is 0 Å². The van der Waals surface area contributed by atoms with Gasteiger partial charge in [0.05, 0.1) is 6.61 Å². The summed E-state index contributed by atoms with van der Waals surface area (Å²) in [6.45, 7) is -0.164. The van der Waals surface area contributed by atoms with Crippen molar-refractivity contribution in [2.45, 2.75) is 10.8 Å². The Bertz CT molecular complexity index is 652. The first-order valence-electron chi connectivity index (χ1n) is 4.98. The van der Waals surface area contributed by atoms with Crippen LogP contribution in [-0.2, 0) is 16.6 Å². The van der Waals surface area contributed by atoms with Crippen LogP contribution in [0.25, 0.3) is 0 Å². The second-order valence-corrected chi connectivity index (χ2v) is 7.28. The van der Waals surface area contributed by atoms with E-state index in [9.17, 15) is 8.42 Å². The largest absolute Gasteiger partial charge is 0.392 e. The molecule has 0 atom stereocenters. The number of anilines is 1. The summed E-state index contributed by atoms with van der Waals surface area (Å²) in [6.07, 6.45) is 0. The number of aliphatic hydroxyl groups excluding tert-OH is 1. The lowest BCUT2D eigenvalue weighted by atomic mass is 10.3. The lowest BCUT2D eigenvalue weighted by Gasteiger charge is -2.06. The van der Waals surface area contributed by atoms with Crippen LogP contribution in [0.4, 0.5) is 5.69 Å². The molecule has 0 spiro atoms. The van der Waals surface area contributed by atoms with Gasteiger partial charge in [0.25, 0.3) is 10.0 Å². The van der Waals surface area contributed by atoms with Crippen molar-refractivity contribution >= 4 is 43.0 Å². The summed E-state index contributed by atoms with van der Waals surface area (Å²) in [6, 6.07) is 8.37. The third kappa shape index (κ3) is 3.11. The quantitative estimate of drug-likeness (QED) is 0.893. The smallest absolute Gasteiger partial charge is 0.271 e. The third-order valence-corrected chi connectivity index (χ3v) is 5.52. The minimum atomic E-state index is -3.58. The Kier molecular flexibility index (Phi) is 4.06. The van der Waals surface area contributed by atoms with Crippen molar-refractivity contribution in [1.29, 1.82) is 0 Å². The summed E-state index contributed by atoms with van der Waals surface area (Å²) in [5.41, 5.74) is 1.08. The van der Waals surface area contributed by atoms with Crippen LogP contribution in [0.3, 0.4) is 0 Å². The van der Waals surface area contributed by atoms with Crippen LogP contribution in [0.2, 0.25) is 0 Å². The Balaban J connectivity index is 2.27. The fraction of sp³-hybridized carbons (Fsp3) is 0.0909. The van der Waals surface area contributed by atoms with Crippen molar-refractivity contribution in [3.05, 3.63) is 45.7 Å². The van der Waals surface area contributed by atoms with Crippen molar-refractivity contribution in [2.75, 3.05) is 4.72 Å². The number of hydrogen-bond donors (Lipinski definition) is 2. The van der Waals surface area contributed by atoms with Gasteiger partial charge >= 0.3 is 0 Å². The summed E-state index contributed by atoms with van der Waals surface area (Å²) in [7, 11) is -3.58. The molecule has 0 aliphatic rings. The minimum Gasteiger partial charge on any atom is -0.392 e. The van der Waals surface area contributed by atoms with E-state index in [2.05, 4.69) is 20.7 Å². The van der Waals surface area contributed by atoms with Gasteiger partial charge in [-0.1, -0.05) is 22.0 Å². The molecule has 0 radical (unpaired) electrons. The summed E-state index contributed by atoms with van der Waals surface area (Å²) < 4.78 is 27.6. The van der Waals surface area contributed by atoms with Crippen molar-refractivity contribution in [2.24, 2.45) is 0 Å². The second kappa shape index (κ2) is 5.40. The van der Waals surface area contributed by atoms with E-state index in [-0.39, 0.29) is 10.8 Å². The first-order chi connectivity index (χ1) is 8.51. The van der Waals surface area contributed by atoms with E-state index in [4.69, 9.17) is 5.11 Å². The first kappa shape index (κ1) is 13.5. The van der Waals surface area contributed by atoms with E-state index in [0.717, 1.165) is 15.8 Å². The zero-order valence-corrected chi connectivity index (χ0v) is 12.3. The SMILES string of the molecule is O=S(=O)(Nc1cccc(Br)c1)c1cc(CO)cs1. The zero-order valence-electron chi connectivity index (χ0n) is 9.13. The molecule has 1 aromatic carbocycles. The molecular weight excluding hydrogens is 338 g/mol. The lowest BCUT2D eigenvalue weighted by Crippen LogP contribution is -2.11. The highest BCUT2D eigenvalue weighted by Crippen LogP contribution is 2.24. The summed E-state index contributed by atoms with van der Waals surface area (Å²) in [4.78, 5) is 0. The standard InChI is InChI=1S/C11H10BrNO3S2/c12-9-2-1-3-10(5-9)13-18(15,16)11-4-8(6-14)7-17-11/h1-5,7,13-14H,6H2. The van der Waals surface area contributed by atoms with Gasteiger partial charge in [0.2, 0.25) is 0 Å². The first-order valence-corrected chi connectivity index (χ1v) is 8.13. The van der Waals surface area contributed by atoms with E-state index < -0.39 is 10.0 Å². The number of sulfonamides is 1. The molecule has 7 heteroatoms. The molecular formula is C11H10BrNO3S2. The minimum absolute atomic E-state index is 0.164. The van der Waals surface area contributed by atoms with Crippen LogP contribution >= 0.6 is 27.3 Å². The number of benzene rings is 1. The lowest BCUT2D eigenvalue weighted by molar-refractivity contribution is 0.282. The van der Waals surface area contributed by atoms with Crippen LogP contribution in [0.1, 0.15) is 5.56 Å². The summed E-state index contributed by atoms with van der Waals surface area (Å²) >= 11 is 4.36. The Morgan fingerprint density at radius 3 is 2.72 bits per heavy atom. The molecule has 2 N–H and O–H groups in total. The average Bonchev–Trinajstić information content (AvgIpc) is 2.77. The number of hydrogen-bond acceptors (Lipinski definition) is 4. The molecule has 0 bridgehead atoms. The molecule has 2 aromatic rings. The molecule has 1 aromatic heterocycles. The van der Waals surface area contributed by atoms with Crippen LogP contribution in [0.15, 0.2) is 44.4 Å². The summed E-state index contributed by atoms with van der Waals surface area (Å²) in [5.74, 6) is 0. The van der Waals surface area contributed by atoms with Crippen LogP contribution in [0.5, 0.6) is 0 Å². The molecule has 2 rings (SSSR count). The maximum atomic E-state index is 12.0. The molecule has 18 heavy (non-hydrogen) atoms. The van der Waals surface area contributed by atoms with Gasteiger partial charge in [-0.05, 0) is 35.2 Å². The molecule has 0 fully saturated rings. The summed E-state index contributed by atoms with van der Waals surface area (Å²) in [5, 5.41) is 10.5. The van der Waals surface area contributed by atoms with Gasteiger partial charge in [-0.3, -0.25) is 4.72 Å². The van der Waals surface area contributed by atoms with E-state index in [0.29, 0.717) is 11.3 Å². The number of halogens is 1. The maximum Gasteiger partial charge on any atom is 0.271 e. The van der Waals surface area contributed by atoms with Crippen LogP contribution < -0.4 is 4.72 Å². The van der Waals surface area contributed by atoms with Crippen LogP contribution in [0, 0.1) is 0 Å². The predicted octanol–water partition coefficient (Wildman–Crippen LogP) is 2.80. The van der Waals surface area contributed by atoms with Crippen LogP contribution in [-0.4, -0.2) is 13.5 Å².